The number of nitro groups is 2. The van der Waals surface area contributed by atoms with E-state index in [0.29, 0.717) is 11.1 Å². The van der Waals surface area contributed by atoms with Gasteiger partial charge in [-0.15, -0.1) is 4.99 Å². The summed E-state index contributed by atoms with van der Waals surface area (Å²) in [6.07, 6.45) is 1.39. The van der Waals surface area contributed by atoms with Gasteiger partial charge in [0, 0.05) is 36.7 Å². The molecular weight excluding hydrogens is 452 g/mol. The van der Waals surface area contributed by atoms with Crippen LogP contribution >= 0.6 is 0 Å². The maximum atomic E-state index is 12.3. The van der Waals surface area contributed by atoms with Crippen LogP contribution in [0, 0.1) is 20.2 Å². The average Bonchev–Trinajstić information content (AvgIpc) is 3.35. The van der Waals surface area contributed by atoms with E-state index in [9.17, 15) is 34.9 Å². The Kier molecular flexibility index (Phi) is 7.23. The fraction of sp³-hybridized carbons (Fsp3) is 0.100. The predicted molar refractivity (Wildman–Crippen MR) is 115 cm³/mol. The van der Waals surface area contributed by atoms with Crippen molar-refractivity contribution in [3.8, 4) is 0 Å². The number of amides is 2. The van der Waals surface area contributed by atoms with Gasteiger partial charge in [0.05, 0.1) is 16.4 Å². The monoisotopic (exact) mass is 468 g/mol. The molecule has 14 heteroatoms. The van der Waals surface area contributed by atoms with Gasteiger partial charge in [0.2, 0.25) is 5.96 Å². The molecule has 174 valence electrons. The molecule has 2 aromatic carbocycles. The van der Waals surface area contributed by atoms with Gasteiger partial charge in [0.1, 0.15) is 12.9 Å². The molecule has 0 aliphatic rings. The molecule has 0 aliphatic carbocycles. The molecule has 0 unspecified atom stereocenters. The molecule has 0 bridgehead atoms. The lowest BCUT2D eigenvalue weighted by molar-refractivity contribution is -0.385. The first-order chi connectivity index (χ1) is 16.2. The normalized spacial score (nSPS) is 11.0. The summed E-state index contributed by atoms with van der Waals surface area (Å²) >= 11 is 0. The van der Waals surface area contributed by atoms with Crippen LogP contribution < -0.4 is 0 Å². The maximum absolute atomic E-state index is 12.3. The van der Waals surface area contributed by atoms with E-state index in [2.05, 4.69) is 9.98 Å². The Bertz CT molecular complexity index is 1220. The number of hydrogen-bond donors (Lipinski definition) is 1. The van der Waals surface area contributed by atoms with Crippen molar-refractivity contribution in [2.75, 3.05) is 0 Å². The zero-order valence-electron chi connectivity index (χ0n) is 17.3. The van der Waals surface area contributed by atoms with E-state index in [1.165, 1.54) is 71.8 Å². The van der Waals surface area contributed by atoms with Gasteiger partial charge >= 0.3 is 12.2 Å². The molecule has 0 aliphatic heterocycles. The van der Waals surface area contributed by atoms with Crippen molar-refractivity contribution in [1.82, 2.24) is 14.5 Å². The molecule has 3 rings (SSSR count). The van der Waals surface area contributed by atoms with Gasteiger partial charge in [-0.3, -0.25) is 24.8 Å². The summed E-state index contributed by atoms with van der Waals surface area (Å²) < 4.78 is 6.24. The van der Waals surface area contributed by atoms with Crippen LogP contribution in [0.2, 0.25) is 0 Å². The van der Waals surface area contributed by atoms with Gasteiger partial charge < -0.3 is 9.84 Å². The number of hydrogen-bond acceptors (Lipinski definition) is 8. The Hall–Kier alpha value is -5.14. The van der Waals surface area contributed by atoms with Gasteiger partial charge in [-0.1, -0.05) is 12.1 Å². The number of carbonyl (C=O) groups excluding carboxylic acids is 1. The fourth-order valence-corrected chi connectivity index (χ4v) is 2.74. The molecular formula is C20H16N6O8. The predicted octanol–water partition coefficient (Wildman–Crippen LogP) is 3.42. The Balaban J connectivity index is 1.80. The molecule has 0 spiro atoms. The average molecular weight is 468 g/mol. The van der Waals surface area contributed by atoms with Crippen LogP contribution in [0.5, 0.6) is 0 Å². The van der Waals surface area contributed by atoms with Crippen molar-refractivity contribution >= 4 is 29.5 Å². The number of nitro benzene ring substituents is 2. The summed E-state index contributed by atoms with van der Waals surface area (Å²) in [6.45, 7) is -0.535. The molecule has 1 heterocycles. The topological polar surface area (TPSA) is 183 Å². The van der Waals surface area contributed by atoms with E-state index in [4.69, 9.17) is 4.74 Å². The van der Waals surface area contributed by atoms with Crippen LogP contribution in [0.3, 0.4) is 0 Å². The third kappa shape index (κ3) is 5.97. The highest BCUT2D eigenvalue weighted by Gasteiger charge is 2.23. The van der Waals surface area contributed by atoms with Crippen molar-refractivity contribution in [2.45, 2.75) is 13.2 Å². The number of benzene rings is 2. The summed E-state index contributed by atoms with van der Waals surface area (Å²) in [5.41, 5.74) is 0.571. The number of imidazole rings is 1. The SMILES string of the molecule is O=C(/N=C(\N(Cc1ccc([N+](=O)[O-])cc1)C(=O)O)n1ccnc1)OCc1ccc([N+](=O)[O-])cc1. The number of carbonyl (C=O) groups is 2. The third-order valence-electron chi connectivity index (χ3n) is 4.40. The zero-order valence-corrected chi connectivity index (χ0v) is 17.3. The van der Waals surface area contributed by atoms with Gasteiger partial charge in [-0.2, -0.15) is 0 Å². The Morgan fingerprint density at radius 1 is 1.00 bits per heavy atom. The highest BCUT2D eigenvalue weighted by molar-refractivity contribution is 5.99. The van der Waals surface area contributed by atoms with E-state index >= 15 is 0 Å². The minimum Gasteiger partial charge on any atom is -0.465 e. The number of ether oxygens (including phenoxy) is 1. The number of aliphatic imine (C=N–C) groups is 1. The molecule has 2 amide bonds. The number of aromatic nitrogens is 2. The van der Waals surface area contributed by atoms with E-state index in [0.717, 1.165) is 4.90 Å². The standard InChI is InChI=1S/C20H16N6O8/c27-19(34-12-15-3-7-17(8-4-15)26(32)33)22-18(23-10-9-21-13-23)24(20(28)29)11-14-1-5-16(6-2-14)25(30)31/h1-10,13H,11-12H2,(H,28,29)/b22-18-. The Morgan fingerprint density at radius 2 is 1.56 bits per heavy atom. The molecule has 1 aromatic heterocycles. The maximum Gasteiger partial charge on any atom is 0.437 e. The molecule has 0 saturated carbocycles. The minimum atomic E-state index is -1.45. The smallest absolute Gasteiger partial charge is 0.437 e. The molecule has 0 fully saturated rings. The summed E-state index contributed by atoms with van der Waals surface area (Å²) in [7, 11) is 0. The number of carboxylic acid groups (broad SMARTS) is 1. The van der Waals surface area contributed by atoms with Crippen molar-refractivity contribution in [2.24, 2.45) is 4.99 Å². The Morgan fingerprint density at radius 3 is 2.03 bits per heavy atom. The number of non-ortho nitro benzene ring substituents is 2. The summed E-state index contributed by atoms with van der Waals surface area (Å²) in [4.78, 5) is 53.0. The summed E-state index contributed by atoms with van der Waals surface area (Å²) in [5.74, 6) is -0.336. The van der Waals surface area contributed by atoms with Crippen molar-refractivity contribution < 1.29 is 29.3 Å². The molecule has 34 heavy (non-hydrogen) atoms. The molecule has 1 N–H and O–H groups in total. The second kappa shape index (κ2) is 10.4. The van der Waals surface area contributed by atoms with Crippen molar-refractivity contribution in [1.29, 1.82) is 0 Å². The second-order valence-corrected chi connectivity index (χ2v) is 6.65. The highest BCUT2D eigenvalue weighted by Crippen LogP contribution is 2.15. The van der Waals surface area contributed by atoms with E-state index in [1.54, 1.807) is 0 Å². The first kappa shape index (κ1) is 23.5. The van der Waals surface area contributed by atoms with E-state index in [1.807, 2.05) is 0 Å². The minimum absolute atomic E-state index is 0.126. The first-order valence-electron chi connectivity index (χ1n) is 9.45. The lowest BCUT2D eigenvalue weighted by Gasteiger charge is -2.21. The first-order valence-corrected chi connectivity index (χ1v) is 9.45. The van der Waals surface area contributed by atoms with Crippen LogP contribution in [0.4, 0.5) is 21.0 Å². The molecule has 14 nitrogen and oxygen atoms in total. The molecule has 0 radical (unpaired) electrons. The van der Waals surface area contributed by atoms with Gasteiger partial charge in [0.25, 0.3) is 11.4 Å². The van der Waals surface area contributed by atoms with Gasteiger partial charge in [-0.05, 0) is 23.3 Å². The van der Waals surface area contributed by atoms with Crippen LogP contribution in [0.25, 0.3) is 0 Å². The fourth-order valence-electron chi connectivity index (χ4n) is 2.74. The largest absolute Gasteiger partial charge is 0.465 e. The lowest BCUT2D eigenvalue weighted by atomic mass is 10.2. The second-order valence-electron chi connectivity index (χ2n) is 6.65. The van der Waals surface area contributed by atoms with Crippen molar-refractivity contribution in [3.05, 3.63) is 98.6 Å². The van der Waals surface area contributed by atoms with Gasteiger partial charge in [-0.25, -0.2) is 19.5 Å². The highest BCUT2D eigenvalue weighted by atomic mass is 16.6. The summed E-state index contributed by atoms with van der Waals surface area (Å²) in [6, 6.07) is 10.5. The molecule has 3 aromatic rings. The molecule has 0 atom stereocenters. The third-order valence-corrected chi connectivity index (χ3v) is 4.40. The zero-order chi connectivity index (χ0) is 24.7. The van der Waals surface area contributed by atoms with E-state index in [-0.39, 0.29) is 30.5 Å². The Labute approximate surface area is 190 Å². The lowest BCUT2D eigenvalue weighted by Crippen LogP contribution is -2.39. The van der Waals surface area contributed by atoms with Crippen LogP contribution in [0.1, 0.15) is 11.1 Å². The van der Waals surface area contributed by atoms with Crippen LogP contribution in [-0.2, 0) is 17.9 Å². The van der Waals surface area contributed by atoms with Gasteiger partial charge in [0.15, 0.2) is 0 Å². The van der Waals surface area contributed by atoms with Crippen LogP contribution in [-0.4, -0.2) is 47.6 Å². The van der Waals surface area contributed by atoms with Crippen molar-refractivity contribution in [3.63, 3.8) is 0 Å². The summed E-state index contributed by atoms with van der Waals surface area (Å²) in [5, 5.41) is 31.3. The van der Waals surface area contributed by atoms with Crippen LogP contribution in [0.15, 0.2) is 72.2 Å². The number of rotatable bonds is 6. The van der Waals surface area contributed by atoms with E-state index < -0.39 is 22.0 Å². The number of nitrogens with zero attached hydrogens (tertiary/aromatic N) is 6. The quantitative estimate of drug-likeness (QED) is 0.245. The molecule has 0 saturated heterocycles.